The summed E-state index contributed by atoms with van der Waals surface area (Å²) >= 11 is 0. The van der Waals surface area contributed by atoms with Crippen molar-refractivity contribution in [1.82, 2.24) is 4.90 Å². The Morgan fingerprint density at radius 2 is 2.28 bits per heavy atom. The zero-order valence-corrected chi connectivity index (χ0v) is 10.5. The average molecular weight is 255 g/mol. The normalized spacial score (nSPS) is 12.5. The Balaban J connectivity index is 2.54. The number of carbonyl (C=O) groups excluding carboxylic acids is 1. The number of benzene rings is 1. The highest BCUT2D eigenvalue weighted by atomic mass is 19.1. The fourth-order valence-corrected chi connectivity index (χ4v) is 1.60. The van der Waals surface area contributed by atoms with E-state index >= 15 is 0 Å². The highest BCUT2D eigenvalue weighted by Crippen LogP contribution is 2.18. The van der Waals surface area contributed by atoms with Gasteiger partial charge in [0.05, 0.1) is 24.0 Å². The number of carbonyl (C=O) groups is 1. The molecule has 0 spiro atoms. The number of nitrogens with two attached hydrogens (primary N) is 1. The first-order valence-corrected chi connectivity index (χ1v) is 5.60. The van der Waals surface area contributed by atoms with E-state index in [-0.39, 0.29) is 18.1 Å². The number of likely N-dealkylation sites (N-methyl/N-ethyl adjacent to an activating group) is 1. The summed E-state index contributed by atoms with van der Waals surface area (Å²) in [5.74, 6) is -0.715. The minimum Gasteiger partial charge on any atom is -0.397 e. The molecular formula is C12H18FN3O2. The first kappa shape index (κ1) is 14.4. The maximum atomic E-state index is 12.8. The molecule has 0 aliphatic rings. The van der Waals surface area contributed by atoms with Gasteiger partial charge >= 0.3 is 0 Å². The molecule has 18 heavy (non-hydrogen) atoms. The quantitative estimate of drug-likeness (QED) is 0.675. The Morgan fingerprint density at radius 3 is 2.83 bits per heavy atom. The molecule has 6 heteroatoms. The third-order valence-corrected chi connectivity index (χ3v) is 2.28. The van der Waals surface area contributed by atoms with Crippen molar-refractivity contribution in [2.24, 2.45) is 0 Å². The van der Waals surface area contributed by atoms with Crippen molar-refractivity contribution in [3.05, 3.63) is 24.0 Å². The lowest BCUT2D eigenvalue weighted by molar-refractivity contribution is -0.117. The van der Waals surface area contributed by atoms with Crippen molar-refractivity contribution >= 4 is 17.3 Å². The molecule has 0 radical (unpaired) electrons. The second-order valence-corrected chi connectivity index (χ2v) is 4.33. The summed E-state index contributed by atoms with van der Waals surface area (Å²) in [5.41, 5.74) is 6.14. The zero-order chi connectivity index (χ0) is 13.7. The number of hydrogen-bond acceptors (Lipinski definition) is 4. The molecule has 1 amide bonds. The molecule has 100 valence electrons. The van der Waals surface area contributed by atoms with Crippen molar-refractivity contribution in [2.75, 3.05) is 31.2 Å². The number of nitrogens with zero attached hydrogens (tertiary/aromatic N) is 1. The molecule has 0 heterocycles. The van der Waals surface area contributed by atoms with E-state index in [2.05, 4.69) is 5.32 Å². The summed E-state index contributed by atoms with van der Waals surface area (Å²) in [7, 11) is 1.72. The lowest BCUT2D eigenvalue weighted by atomic mass is 10.2. The van der Waals surface area contributed by atoms with E-state index in [1.54, 1.807) is 18.9 Å². The third-order valence-electron chi connectivity index (χ3n) is 2.28. The van der Waals surface area contributed by atoms with Crippen LogP contribution in [0.1, 0.15) is 6.92 Å². The maximum Gasteiger partial charge on any atom is 0.238 e. The summed E-state index contributed by atoms with van der Waals surface area (Å²) in [4.78, 5) is 13.3. The van der Waals surface area contributed by atoms with Crippen LogP contribution in [-0.2, 0) is 4.79 Å². The monoisotopic (exact) mass is 255 g/mol. The molecule has 4 N–H and O–H groups in total. The zero-order valence-electron chi connectivity index (χ0n) is 10.5. The van der Waals surface area contributed by atoms with Crippen molar-refractivity contribution < 1.29 is 14.3 Å². The van der Waals surface area contributed by atoms with Crippen LogP contribution in [-0.4, -0.2) is 42.2 Å². The van der Waals surface area contributed by atoms with Gasteiger partial charge in [-0.15, -0.1) is 0 Å². The molecule has 0 saturated carbocycles. The van der Waals surface area contributed by atoms with Crippen molar-refractivity contribution in [3.8, 4) is 0 Å². The van der Waals surface area contributed by atoms with Crippen LogP contribution in [0.3, 0.4) is 0 Å². The standard InChI is InChI=1S/C12H18FN3O2/c1-8(17)6-16(2)7-12(18)15-11-4-3-9(13)5-10(11)14/h3-5,8,17H,6-7,14H2,1-2H3,(H,15,18). The molecule has 1 unspecified atom stereocenters. The van der Waals surface area contributed by atoms with Crippen molar-refractivity contribution in [2.45, 2.75) is 13.0 Å². The predicted octanol–water partition coefficient (Wildman–Crippen LogP) is 0.659. The van der Waals surface area contributed by atoms with Crippen molar-refractivity contribution in [1.29, 1.82) is 0 Å². The minimum absolute atomic E-state index is 0.127. The lowest BCUT2D eigenvalue weighted by Crippen LogP contribution is -2.34. The van der Waals surface area contributed by atoms with Crippen molar-refractivity contribution in [3.63, 3.8) is 0 Å². The van der Waals surface area contributed by atoms with Gasteiger partial charge in [0.2, 0.25) is 5.91 Å². The van der Waals surface area contributed by atoms with Gasteiger partial charge in [0.1, 0.15) is 5.82 Å². The summed E-state index contributed by atoms with van der Waals surface area (Å²) in [6.07, 6.45) is -0.501. The molecule has 0 saturated heterocycles. The van der Waals surface area contributed by atoms with Gasteiger partial charge in [0, 0.05) is 6.54 Å². The number of rotatable bonds is 5. The number of nitrogen functional groups attached to an aromatic ring is 1. The van der Waals surface area contributed by atoms with Crippen LogP contribution >= 0.6 is 0 Å². The Hall–Kier alpha value is -1.66. The Labute approximate surface area is 105 Å². The second kappa shape index (κ2) is 6.32. The van der Waals surface area contributed by atoms with Crippen LogP contribution in [0.2, 0.25) is 0 Å². The lowest BCUT2D eigenvalue weighted by Gasteiger charge is -2.18. The van der Waals surface area contributed by atoms with E-state index in [1.807, 2.05) is 0 Å². The molecular weight excluding hydrogens is 237 g/mol. The second-order valence-electron chi connectivity index (χ2n) is 4.33. The SMILES string of the molecule is CC(O)CN(C)CC(=O)Nc1ccc(F)cc1N. The number of halogens is 1. The summed E-state index contributed by atoms with van der Waals surface area (Å²) in [6, 6.07) is 3.79. The number of amides is 1. The van der Waals surface area contributed by atoms with E-state index < -0.39 is 11.9 Å². The van der Waals surface area contributed by atoms with E-state index in [0.29, 0.717) is 12.2 Å². The Morgan fingerprint density at radius 1 is 1.61 bits per heavy atom. The van der Waals surface area contributed by atoms with Gasteiger partial charge in [0.25, 0.3) is 0 Å². The molecule has 1 rings (SSSR count). The number of hydrogen-bond donors (Lipinski definition) is 3. The number of anilines is 2. The van der Waals surface area contributed by atoms with E-state index in [4.69, 9.17) is 10.8 Å². The van der Waals surface area contributed by atoms with Crippen LogP contribution in [0.15, 0.2) is 18.2 Å². The highest BCUT2D eigenvalue weighted by molar-refractivity contribution is 5.95. The van der Waals surface area contributed by atoms with E-state index in [1.165, 1.54) is 12.1 Å². The van der Waals surface area contributed by atoms with E-state index in [9.17, 15) is 9.18 Å². The third kappa shape index (κ3) is 4.68. The molecule has 0 aromatic heterocycles. The highest BCUT2D eigenvalue weighted by Gasteiger charge is 2.10. The van der Waals surface area contributed by atoms with Gasteiger partial charge in [-0.25, -0.2) is 4.39 Å². The number of aliphatic hydroxyl groups excluding tert-OH is 1. The topological polar surface area (TPSA) is 78.6 Å². The Kier molecular flexibility index (Phi) is 5.06. The molecule has 0 aliphatic heterocycles. The van der Waals surface area contributed by atoms with Gasteiger partial charge in [-0.3, -0.25) is 9.69 Å². The first-order valence-electron chi connectivity index (χ1n) is 5.60. The number of nitrogens with one attached hydrogen (secondary N) is 1. The molecule has 5 nitrogen and oxygen atoms in total. The van der Waals surface area contributed by atoms with Gasteiger partial charge in [-0.2, -0.15) is 0 Å². The smallest absolute Gasteiger partial charge is 0.238 e. The molecule has 1 aromatic carbocycles. The van der Waals surface area contributed by atoms with Crippen LogP contribution in [0.4, 0.5) is 15.8 Å². The largest absolute Gasteiger partial charge is 0.397 e. The molecule has 1 aromatic rings. The summed E-state index contributed by atoms with van der Waals surface area (Å²) in [6.45, 7) is 2.17. The summed E-state index contributed by atoms with van der Waals surface area (Å²) in [5, 5.41) is 11.8. The number of aliphatic hydroxyl groups is 1. The van der Waals surface area contributed by atoms with Gasteiger partial charge in [-0.1, -0.05) is 0 Å². The Bertz CT molecular complexity index is 424. The van der Waals surface area contributed by atoms with Gasteiger partial charge in [-0.05, 0) is 32.2 Å². The van der Waals surface area contributed by atoms with Gasteiger partial charge < -0.3 is 16.2 Å². The van der Waals surface area contributed by atoms with Crippen LogP contribution in [0.25, 0.3) is 0 Å². The summed E-state index contributed by atoms with van der Waals surface area (Å²) < 4.78 is 12.8. The van der Waals surface area contributed by atoms with Gasteiger partial charge in [0.15, 0.2) is 0 Å². The van der Waals surface area contributed by atoms with Crippen LogP contribution in [0.5, 0.6) is 0 Å². The molecule has 0 bridgehead atoms. The van der Waals surface area contributed by atoms with Crippen LogP contribution < -0.4 is 11.1 Å². The fraction of sp³-hybridized carbons (Fsp3) is 0.417. The first-order chi connectivity index (χ1) is 8.38. The maximum absolute atomic E-state index is 12.8. The minimum atomic E-state index is -0.501. The predicted molar refractivity (Wildman–Crippen MR) is 68.6 cm³/mol. The van der Waals surface area contributed by atoms with E-state index in [0.717, 1.165) is 6.07 Å². The molecule has 1 atom stereocenters. The average Bonchev–Trinajstić information content (AvgIpc) is 2.20. The fourth-order valence-electron chi connectivity index (χ4n) is 1.60. The molecule has 0 aliphatic carbocycles. The molecule has 0 fully saturated rings. The van der Waals surface area contributed by atoms with Crippen LogP contribution in [0, 0.1) is 5.82 Å².